The molecule has 0 fully saturated rings. The van der Waals surface area contributed by atoms with E-state index in [0.717, 1.165) is 27.0 Å². The van der Waals surface area contributed by atoms with Crippen molar-refractivity contribution in [3.63, 3.8) is 0 Å². The third kappa shape index (κ3) is 3.00. The van der Waals surface area contributed by atoms with E-state index < -0.39 is 0 Å². The Kier molecular flexibility index (Phi) is 4.42. The van der Waals surface area contributed by atoms with Gasteiger partial charge in [0.05, 0.1) is 18.1 Å². The van der Waals surface area contributed by atoms with Gasteiger partial charge in [-0.05, 0) is 30.2 Å². The summed E-state index contributed by atoms with van der Waals surface area (Å²) in [6.07, 6.45) is 3.38. The lowest BCUT2D eigenvalue weighted by molar-refractivity contribution is 0.582. The number of hydrogen-bond acceptors (Lipinski definition) is 4. The molecule has 1 heterocycles. The van der Waals surface area contributed by atoms with Gasteiger partial charge in [0.25, 0.3) is 0 Å². The van der Waals surface area contributed by atoms with Gasteiger partial charge in [-0.1, -0.05) is 34.6 Å². The molecule has 0 radical (unpaired) electrons. The summed E-state index contributed by atoms with van der Waals surface area (Å²) in [7, 11) is 0. The second-order valence-corrected chi connectivity index (χ2v) is 5.37. The quantitative estimate of drug-likeness (QED) is 0.894. The Morgan fingerprint density at radius 2 is 2.00 bits per heavy atom. The Bertz CT molecular complexity index is 611. The maximum Gasteiger partial charge on any atom is 0.140 e. The molecule has 5 heteroatoms. The van der Waals surface area contributed by atoms with Crippen molar-refractivity contribution < 1.29 is 0 Å². The van der Waals surface area contributed by atoms with Crippen LogP contribution in [0.25, 0.3) is 5.57 Å². The third-order valence-corrected chi connectivity index (χ3v) is 3.66. The van der Waals surface area contributed by atoms with E-state index in [4.69, 9.17) is 11.5 Å². The fourth-order valence-electron chi connectivity index (χ4n) is 2.01. The van der Waals surface area contributed by atoms with Gasteiger partial charge in [-0.2, -0.15) is 0 Å². The van der Waals surface area contributed by atoms with Gasteiger partial charge in [-0.3, -0.25) is 0 Å². The summed E-state index contributed by atoms with van der Waals surface area (Å²) in [4.78, 5) is 5.91. The molecule has 0 saturated heterocycles. The lowest BCUT2D eigenvalue weighted by Gasteiger charge is -2.27. The fourth-order valence-corrected chi connectivity index (χ4v) is 2.27. The minimum Gasteiger partial charge on any atom is -0.382 e. The standard InChI is InChI=1S/C15H17BrN4/c1-10-8-19-15(18)9-20(10)14(7-17)11(2)12-3-5-13(16)6-4-12/h3-6,8-9H,1,7,17-18H2,2H3/b14-11+. The molecule has 20 heavy (non-hydrogen) atoms. The van der Waals surface area contributed by atoms with Gasteiger partial charge in [0.15, 0.2) is 0 Å². The van der Waals surface area contributed by atoms with Gasteiger partial charge in [0, 0.05) is 16.7 Å². The highest BCUT2D eigenvalue weighted by atomic mass is 79.9. The summed E-state index contributed by atoms with van der Waals surface area (Å²) in [6, 6.07) is 8.10. The Balaban J connectivity index is 2.44. The number of aliphatic imine (C=N–C) groups is 1. The minimum absolute atomic E-state index is 0.387. The zero-order valence-corrected chi connectivity index (χ0v) is 12.9. The molecule has 4 N–H and O–H groups in total. The van der Waals surface area contributed by atoms with Gasteiger partial charge in [0.2, 0.25) is 0 Å². The van der Waals surface area contributed by atoms with Crippen LogP contribution < -0.4 is 11.5 Å². The number of nitrogens with two attached hydrogens (primary N) is 2. The second-order valence-electron chi connectivity index (χ2n) is 4.46. The normalized spacial score (nSPS) is 16.1. The number of rotatable bonds is 3. The molecule has 104 valence electrons. The van der Waals surface area contributed by atoms with E-state index in [-0.39, 0.29) is 0 Å². The van der Waals surface area contributed by atoms with E-state index in [1.165, 1.54) is 0 Å². The minimum atomic E-state index is 0.387. The molecule has 0 saturated carbocycles. The number of nitrogens with zero attached hydrogens (tertiary/aromatic N) is 2. The molecule has 0 spiro atoms. The molecule has 1 aromatic rings. The van der Waals surface area contributed by atoms with Crippen LogP contribution in [0.1, 0.15) is 12.5 Å². The van der Waals surface area contributed by atoms with Crippen molar-refractivity contribution in [3.8, 4) is 0 Å². The monoisotopic (exact) mass is 332 g/mol. The summed E-state index contributed by atoms with van der Waals surface area (Å²) >= 11 is 3.43. The highest BCUT2D eigenvalue weighted by Gasteiger charge is 2.15. The van der Waals surface area contributed by atoms with E-state index in [0.29, 0.717) is 12.4 Å². The molecular weight excluding hydrogens is 316 g/mol. The zero-order valence-electron chi connectivity index (χ0n) is 11.3. The van der Waals surface area contributed by atoms with Gasteiger partial charge in [-0.25, -0.2) is 4.99 Å². The Morgan fingerprint density at radius 1 is 1.35 bits per heavy atom. The Labute approximate surface area is 127 Å². The van der Waals surface area contributed by atoms with Crippen LogP contribution in [0.5, 0.6) is 0 Å². The molecule has 0 aromatic heterocycles. The van der Waals surface area contributed by atoms with E-state index in [1.54, 1.807) is 12.4 Å². The predicted octanol–water partition coefficient (Wildman–Crippen LogP) is 2.80. The van der Waals surface area contributed by atoms with Crippen LogP contribution in [-0.4, -0.2) is 17.7 Å². The first-order valence-corrected chi connectivity index (χ1v) is 6.97. The highest BCUT2D eigenvalue weighted by molar-refractivity contribution is 9.10. The largest absolute Gasteiger partial charge is 0.382 e. The first kappa shape index (κ1) is 14.6. The molecule has 2 rings (SSSR count). The molecule has 1 aliphatic heterocycles. The maximum absolute atomic E-state index is 5.91. The topological polar surface area (TPSA) is 67.6 Å². The van der Waals surface area contributed by atoms with Crippen LogP contribution in [-0.2, 0) is 0 Å². The van der Waals surface area contributed by atoms with Crippen LogP contribution in [0.2, 0.25) is 0 Å². The number of benzene rings is 1. The number of hydrogen-bond donors (Lipinski definition) is 2. The lowest BCUT2D eigenvalue weighted by Crippen LogP contribution is -2.26. The van der Waals surface area contributed by atoms with Crippen molar-refractivity contribution >= 4 is 27.7 Å². The molecule has 0 bridgehead atoms. The van der Waals surface area contributed by atoms with Crippen molar-refractivity contribution in [3.05, 3.63) is 64.3 Å². The van der Waals surface area contributed by atoms with Crippen LogP contribution in [0, 0.1) is 0 Å². The van der Waals surface area contributed by atoms with Crippen molar-refractivity contribution in [2.75, 3.05) is 6.54 Å². The maximum atomic E-state index is 5.91. The smallest absolute Gasteiger partial charge is 0.140 e. The molecule has 1 aromatic carbocycles. The molecule has 1 aliphatic rings. The van der Waals surface area contributed by atoms with Crippen molar-refractivity contribution in [2.24, 2.45) is 16.5 Å². The van der Waals surface area contributed by atoms with Crippen molar-refractivity contribution in [1.29, 1.82) is 0 Å². The predicted molar refractivity (Wildman–Crippen MR) is 87.5 cm³/mol. The van der Waals surface area contributed by atoms with E-state index >= 15 is 0 Å². The molecular formula is C15H17BrN4. The first-order valence-electron chi connectivity index (χ1n) is 6.18. The summed E-state index contributed by atoms with van der Waals surface area (Å²) in [6.45, 7) is 6.39. The Hall–Kier alpha value is -1.85. The van der Waals surface area contributed by atoms with Gasteiger partial charge in [0.1, 0.15) is 5.82 Å². The number of allylic oxidation sites excluding steroid dienone is 2. The SMILES string of the molecule is C=C1C=NC(N)=CN1/C(CN)=C(\C)c1ccc(Br)cc1. The number of halogens is 1. The van der Waals surface area contributed by atoms with Crippen molar-refractivity contribution in [1.82, 2.24) is 4.90 Å². The Morgan fingerprint density at radius 3 is 2.60 bits per heavy atom. The van der Waals surface area contributed by atoms with Crippen molar-refractivity contribution in [2.45, 2.75) is 6.92 Å². The summed E-state index contributed by atoms with van der Waals surface area (Å²) in [5.74, 6) is 0.437. The summed E-state index contributed by atoms with van der Waals surface area (Å²) < 4.78 is 1.04. The molecule has 0 amide bonds. The highest BCUT2D eigenvalue weighted by Crippen LogP contribution is 2.25. The molecule has 4 nitrogen and oxygen atoms in total. The van der Waals surface area contributed by atoms with E-state index in [9.17, 15) is 0 Å². The second kappa shape index (κ2) is 6.07. The summed E-state index contributed by atoms with van der Waals surface area (Å²) in [5, 5.41) is 0. The third-order valence-electron chi connectivity index (χ3n) is 3.13. The van der Waals surface area contributed by atoms with Gasteiger partial charge < -0.3 is 16.4 Å². The van der Waals surface area contributed by atoms with Gasteiger partial charge in [-0.15, -0.1) is 0 Å². The summed E-state index contributed by atoms with van der Waals surface area (Å²) in [5.41, 5.74) is 15.6. The molecule has 0 aliphatic carbocycles. The average Bonchev–Trinajstić information content (AvgIpc) is 2.44. The lowest BCUT2D eigenvalue weighted by atomic mass is 10.0. The van der Waals surface area contributed by atoms with Crippen LogP contribution in [0.3, 0.4) is 0 Å². The first-order chi connectivity index (χ1) is 9.52. The van der Waals surface area contributed by atoms with Crippen LogP contribution in [0.4, 0.5) is 0 Å². The van der Waals surface area contributed by atoms with Crippen LogP contribution >= 0.6 is 15.9 Å². The molecule has 0 unspecified atom stereocenters. The van der Waals surface area contributed by atoms with E-state index in [2.05, 4.69) is 27.5 Å². The average molecular weight is 333 g/mol. The van der Waals surface area contributed by atoms with Crippen LogP contribution in [0.15, 0.2) is 63.7 Å². The fraction of sp³-hybridized carbons (Fsp3) is 0.133. The van der Waals surface area contributed by atoms with E-state index in [1.807, 2.05) is 36.1 Å². The van der Waals surface area contributed by atoms with Gasteiger partial charge >= 0.3 is 0 Å². The zero-order chi connectivity index (χ0) is 14.7. The molecule has 0 atom stereocenters.